The number of phenolic OH excluding ortho intramolecular Hbond substituents is 1. The molecule has 3 rings (SSSR count). The first kappa shape index (κ1) is 13.0. The molecule has 1 aromatic rings. The molecule has 0 bridgehead atoms. The van der Waals surface area contributed by atoms with Crippen molar-refractivity contribution in [3.63, 3.8) is 0 Å². The van der Waals surface area contributed by atoms with Gasteiger partial charge in [0.25, 0.3) is 0 Å². The van der Waals surface area contributed by atoms with Crippen molar-refractivity contribution in [3.8, 4) is 5.75 Å². The van der Waals surface area contributed by atoms with Gasteiger partial charge in [0.2, 0.25) is 0 Å². The van der Waals surface area contributed by atoms with Gasteiger partial charge in [-0.15, -0.1) is 0 Å². The summed E-state index contributed by atoms with van der Waals surface area (Å²) in [5.41, 5.74) is 1.73. The van der Waals surface area contributed by atoms with Crippen molar-refractivity contribution in [2.24, 2.45) is 17.3 Å². The molecule has 0 heterocycles. The molecule has 2 fully saturated rings. The van der Waals surface area contributed by atoms with Crippen LogP contribution >= 0.6 is 0 Å². The molecule has 2 aliphatic carbocycles. The first-order valence-electron chi connectivity index (χ1n) is 7.69. The number of nitrogens with one attached hydrogen (secondary N) is 1. The fourth-order valence-corrected chi connectivity index (χ4v) is 3.99. The van der Waals surface area contributed by atoms with Gasteiger partial charge < -0.3 is 10.4 Å². The van der Waals surface area contributed by atoms with Crippen molar-refractivity contribution in [1.82, 2.24) is 5.32 Å². The van der Waals surface area contributed by atoms with E-state index in [0.29, 0.717) is 11.2 Å². The summed E-state index contributed by atoms with van der Waals surface area (Å²) in [6.07, 6.45) is 6.55. The molecule has 0 aliphatic heterocycles. The van der Waals surface area contributed by atoms with Crippen molar-refractivity contribution in [3.05, 3.63) is 29.8 Å². The average molecular weight is 259 g/mol. The van der Waals surface area contributed by atoms with E-state index in [1.54, 1.807) is 6.07 Å². The Morgan fingerprint density at radius 1 is 1.32 bits per heavy atom. The number of phenols is 1. The van der Waals surface area contributed by atoms with Gasteiger partial charge in [0.1, 0.15) is 5.75 Å². The number of rotatable bonds is 6. The third-order valence-electron chi connectivity index (χ3n) is 4.88. The van der Waals surface area contributed by atoms with Crippen LogP contribution in [0.25, 0.3) is 0 Å². The maximum absolute atomic E-state index is 9.63. The van der Waals surface area contributed by atoms with Gasteiger partial charge in [-0.2, -0.15) is 0 Å². The fraction of sp³-hybridized carbons (Fsp3) is 0.647. The number of hydrogen-bond acceptors (Lipinski definition) is 2. The molecule has 0 spiro atoms. The van der Waals surface area contributed by atoms with E-state index in [9.17, 15) is 5.11 Å². The van der Waals surface area contributed by atoms with Crippen LogP contribution in [0, 0.1) is 17.3 Å². The molecule has 0 amide bonds. The monoisotopic (exact) mass is 259 g/mol. The Morgan fingerprint density at radius 3 is 2.79 bits per heavy atom. The summed E-state index contributed by atoms with van der Waals surface area (Å²) < 4.78 is 0. The van der Waals surface area contributed by atoms with Crippen LogP contribution in [0.2, 0.25) is 0 Å². The van der Waals surface area contributed by atoms with E-state index < -0.39 is 0 Å². The molecule has 2 saturated carbocycles. The Kier molecular flexibility index (Phi) is 3.53. The Balaban J connectivity index is 1.69. The first-order chi connectivity index (χ1) is 9.21. The molecule has 2 aliphatic rings. The minimum atomic E-state index is 0.400. The lowest BCUT2D eigenvalue weighted by Gasteiger charge is -2.31. The molecular formula is C17H25NO. The predicted octanol–water partition coefficient (Wildman–Crippen LogP) is 3.35. The third-order valence-corrected chi connectivity index (χ3v) is 4.88. The SMILES string of the molecule is CCCNCC1(Cc2cccc(O)c2)CC2CC2C1. The average Bonchev–Trinajstić information content (AvgIpc) is 2.98. The zero-order chi connectivity index (χ0) is 13.3. The molecule has 19 heavy (non-hydrogen) atoms. The molecule has 2 heteroatoms. The van der Waals surface area contributed by atoms with Gasteiger partial charge in [-0.3, -0.25) is 0 Å². The smallest absolute Gasteiger partial charge is 0.115 e. The lowest BCUT2D eigenvalue weighted by Crippen LogP contribution is -2.35. The molecule has 0 saturated heterocycles. The van der Waals surface area contributed by atoms with E-state index >= 15 is 0 Å². The van der Waals surface area contributed by atoms with Gasteiger partial charge in [0, 0.05) is 6.54 Å². The Hall–Kier alpha value is -1.02. The zero-order valence-corrected chi connectivity index (χ0v) is 11.9. The second-order valence-electron chi connectivity index (χ2n) is 6.69. The Labute approximate surface area is 116 Å². The van der Waals surface area contributed by atoms with Crippen LogP contribution in [-0.2, 0) is 6.42 Å². The second-order valence-corrected chi connectivity index (χ2v) is 6.69. The minimum Gasteiger partial charge on any atom is -0.508 e. The van der Waals surface area contributed by atoms with E-state index in [1.165, 1.54) is 31.2 Å². The summed E-state index contributed by atoms with van der Waals surface area (Å²) in [6, 6.07) is 7.82. The van der Waals surface area contributed by atoms with Crippen molar-refractivity contribution in [2.45, 2.75) is 39.0 Å². The molecule has 2 N–H and O–H groups in total. The zero-order valence-electron chi connectivity index (χ0n) is 11.9. The summed E-state index contributed by atoms with van der Waals surface area (Å²) in [5.74, 6) is 2.40. The standard InChI is InChI=1S/C17H25NO/c1-2-6-18-12-17(10-14-8-15(14)11-17)9-13-4-3-5-16(19)7-13/h3-5,7,14-15,18-19H,2,6,8-12H2,1H3. The van der Waals surface area contributed by atoms with E-state index in [0.717, 1.165) is 31.3 Å². The number of hydrogen-bond donors (Lipinski definition) is 2. The highest BCUT2D eigenvalue weighted by molar-refractivity contribution is 5.28. The summed E-state index contributed by atoms with van der Waals surface area (Å²) in [7, 11) is 0. The van der Waals surface area contributed by atoms with E-state index in [1.807, 2.05) is 12.1 Å². The van der Waals surface area contributed by atoms with Gasteiger partial charge in [-0.05, 0) is 73.6 Å². The normalized spacial score (nSPS) is 32.3. The largest absolute Gasteiger partial charge is 0.508 e. The van der Waals surface area contributed by atoms with Crippen molar-refractivity contribution in [2.75, 3.05) is 13.1 Å². The highest BCUT2D eigenvalue weighted by Crippen LogP contribution is 2.60. The van der Waals surface area contributed by atoms with E-state index in [2.05, 4.69) is 18.3 Å². The molecule has 1 aromatic carbocycles. The highest BCUT2D eigenvalue weighted by atomic mass is 16.3. The second kappa shape index (κ2) is 5.16. The lowest BCUT2D eigenvalue weighted by molar-refractivity contribution is 0.248. The molecule has 0 aromatic heterocycles. The molecule has 2 unspecified atom stereocenters. The van der Waals surface area contributed by atoms with Crippen LogP contribution < -0.4 is 5.32 Å². The van der Waals surface area contributed by atoms with Gasteiger partial charge in [-0.25, -0.2) is 0 Å². The number of benzene rings is 1. The van der Waals surface area contributed by atoms with Gasteiger partial charge in [0.05, 0.1) is 0 Å². The summed E-state index contributed by atoms with van der Waals surface area (Å²) in [4.78, 5) is 0. The van der Waals surface area contributed by atoms with Crippen LogP contribution in [0.1, 0.15) is 38.2 Å². The predicted molar refractivity (Wildman–Crippen MR) is 78.2 cm³/mol. The van der Waals surface area contributed by atoms with Crippen LogP contribution in [-0.4, -0.2) is 18.2 Å². The van der Waals surface area contributed by atoms with Gasteiger partial charge in [-0.1, -0.05) is 19.1 Å². The third kappa shape index (κ3) is 2.94. The first-order valence-corrected chi connectivity index (χ1v) is 7.69. The van der Waals surface area contributed by atoms with Crippen molar-refractivity contribution in [1.29, 1.82) is 0 Å². The Morgan fingerprint density at radius 2 is 2.11 bits per heavy atom. The molecular weight excluding hydrogens is 234 g/mol. The van der Waals surface area contributed by atoms with Crippen LogP contribution in [0.4, 0.5) is 0 Å². The maximum Gasteiger partial charge on any atom is 0.115 e. The summed E-state index contributed by atoms with van der Waals surface area (Å²) in [6.45, 7) is 4.49. The van der Waals surface area contributed by atoms with E-state index in [4.69, 9.17) is 0 Å². The maximum atomic E-state index is 9.63. The van der Waals surface area contributed by atoms with Gasteiger partial charge >= 0.3 is 0 Å². The van der Waals surface area contributed by atoms with Gasteiger partial charge in [0.15, 0.2) is 0 Å². The minimum absolute atomic E-state index is 0.400. The Bertz CT molecular complexity index is 433. The lowest BCUT2D eigenvalue weighted by atomic mass is 9.77. The van der Waals surface area contributed by atoms with Crippen molar-refractivity contribution >= 4 is 0 Å². The molecule has 2 nitrogen and oxygen atoms in total. The molecule has 2 atom stereocenters. The van der Waals surface area contributed by atoms with Crippen molar-refractivity contribution < 1.29 is 5.11 Å². The van der Waals surface area contributed by atoms with Crippen LogP contribution in [0.5, 0.6) is 5.75 Å². The number of fused-ring (bicyclic) bond motifs is 1. The summed E-state index contributed by atoms with van der Waals surface area (Å²) >= 11 is 0. The number of aromatic hydroxyl groups is 1. The van der Waals surface area contributed by atoms with E-state index in [-0.39, 0.29) is 0 Å². The van der Waals surface area contributed by atoms with Crippen LogP contribution in [0.15, 0.2) is 24.3 Å². The highest BCUT2D eigenvalue weighted by Gasteiger charge is 2.53. The fourth-order valence-electron chi connectivity index (χ4n) is 3.99. The topological polar surface area (TPSA) is 32.3 Å². The van der Waals surface area contributed by atoms with Crippen LogP contribution in [0.3, 0.4) is 0 Å². The molecule has 0 radical (unpaired) electrons. The summed E-state index contributed by atoms with van der Waals surface area (Å²) in [5, 5.41) is 13.3. The molecule has 104 valence electrons. The quantitative estimate of drug-likeness (QED) is 0.768.